The molecular formula is C17H15F2N5O2S. The molecule has 7 nitrogen and oxygen atoms in total. The van der Waals surface area contributed by atoms with E-state index in [4.69, 9.17) is 4.74 Å². The fourth-order valence-electron chi connectivity index (χ4n) is 2.29. The molecule has 2 aromatic carbocycles. The van der Waals surface area contributed by atoms with Crippen molar-refractivity contribution in [3.05, 3.63) is 53.6 Å². The first kappa shape index (κ1) is 18.8. The number of thioether (sulfide) groups is 1. The number of hydrogen-bond donors (Lipinski definition) is 1. The van der Waals surface area contributed by atoms with E-state index in [0.717, 1.165) is 29.5 Å². The maximum atomic E-state index is 13.2. The molecule has 0 aliphatic rings. The van der Waals surface area contributed by atoms with Gasteiger partial charge in [-0.3, -0.25) is 4.79 Å². The van der Waals surface area contributed by atoms with Crippen molar-refractivity contribution in [2.24, 2.45) is 0 Å². The summed E-state index contributed by atoms with van der Waals surface area (Å²) in [5.41, 5.74) is 1.80. The number of anilines is 1. The number of carbonyl (C=O) groups excluding carboxylic acids is 1. The Balaban J connectivity index is 1.71. The summed E-state index contributed by atoms with van der Waals surface area (Å²) in [6.07, 6.45) is 0. The predicted octanol–water partition coefficient (Wildman–Crippen LogP) is 2.99. The van der Waals surface area contributed by atoms with Gasteiger partial charge in [0.2, 0.25) is 11.1 Å². The lowest BCUT2D eigenvalue weighted by atomic mass is 10.2. The Morgan fingerprint density at radius 3 is 2.78 bits per heavy atom. The zero-order valence-corrected chi connectivity index (χ0v) is 15.3. The van der Waals surface area contributed by atoms with Crippen molar-refractivity contribution in [1.82, 2.24) is 20.2 Å². The van der Waals surface area contributed by atoms with Gasteiger partial charge in [-0.1, -0.05) is 17.8 Å². The van der Waals surface area contributed by atoms with Crippen molar-refractivity contribution < 1.29 is 18.3 Å². The highest BCUT2D eigenvalue weighted by Crippen LogP contribution is 2.27. The minimum atomic E-state index is -1.03. The van der Waals surface area contributed by atoms with E-state index < -0.39 is 17.5 Å². The van der Waals surface area contributed by atoms with E-state index in [1.54, 1.807) is 13.2 Å². The van der Waals surface area contributed by atoms with Crippen LogP contribution in [0.4, 0.5) is 14.5 Å². The van der Waals surface area contributed by atoms with E-state index in [-0.39, 0.29) is 11.4 Å². The lowest BCUT2D eigenvalue weighted by Crippen LogP contribution is -2.15. The highest BCUT2D eigenvalue weighted by Gasteiger charge is 2.15. The first-order chi connectivity index (χ1) is 13.0. The number of halogens is 2. The van der Waals surface area contributed by atoms with Crippen LogP contribution in [0.25, 0.3) is 5.69 Å². The first-order valence-corrected chi connectivity index (χ1v) is 8.77. The lowest BCUT2D eigenvalue weighted by Gasteiger charge is -2.10. The van der Waals surface area contributed by atoms with Crippen LogP contribution >= 0.6 is 11.8 Å². The van der Waals surface area contributed by atoms with E-state index in [1.165, 1.54) is 10.7 Å². The van der Waals surface area contributed by atoms with Crippen LogP contribution in [-0.4, -0.2) is 39.0 Å². The molecule has 0 fully saturated rings. The third-order valence-corrected chi connectivity index (χ3v) is 4.46. The Morgan fingerprint density at radius 2 is 2.04 bits per heavy atom. The fraction of sp³-hybridized carbons (Fsp3) is 0.176. The van der Waals surface area contributed by atoms with E-state index in [2.05, 4.69) is 20.8 Å². The number of aryl methyl sites for hydroxylation is 1. The number of benzene rings is 2. The summed E-state index contributed by atoms with van der Waals surface area (Å²) >= 11 is 1.10. The van der Waals surface area contributed by atoms with Crippen molar-refractivity contribution in [2.75, 3.05) is 18.2 Å². The number of methoxy groups -OCH3 is 1. The van der Waals surface area contributed by atoms with Crippen LogP contribution in [0.3, 0.4) is 0 Å². The van der Waals surface area contributed by atoms with Crippen molar-refractivity contribution in [1.29, 1.82) is 0 Å². The molecule has 0 bridgehead atoms. The van der Waals surface area contributed by atoms with Crippen LogP contribution in [-0.2, 0) is 4.79 Å². The zero-order chi connectivity index (χ0) is 19.4. The van der Waals surface area contributed by atoms with E-state index >= 15 is 0 Å². The van der Waals surface area contributed by atoms with Gasteiger partial charge in [-0.05, 0) is 47.2 Å². The molecule has 0 aliphatic carbocycles. The molecule has 1 N–H and O–H groups in total. The third kappa shape index (κ3) is 4.40. The molecule has 0 unspecified atom stereocenters. The number of nitrogens with one attached hydrogen (secondary N) is 1. The Hall–Kier alpha value is -3.01. The summed E-state index contributed by atoms with van der Waals surface area (Å²) in [6.45, 7) is 1.93. The molecule has 0 radical (unpaired) electrons. The SMILES string of the molecule is COc1ccc(C)cc1-n1nnnc1SCC(=O)Nc1ccc(F)c(F)c1. The molecule has 0 spiro atoms. The summed E-state index contributed by atoms with van der Waals surface area (Å²) in [4.78, 5) is 12.1. The van der Waals surface area contributed by atoms with Crippen LogP contribution in [0.2, 0.25) is 0 Å². The Morgan fingerprint density at radius 1 is 1.22 bits per heavy atom. The molecule has 0 aliphatic heterocycles. The van der Waals surface area contributed by atoms with Gasteiger partial charge >= 0.3 is 0 Å². The van der Waals surface area contributed by atoms with Gasteiger partial charge < -0.3 is 10.1 Å². The number of hydrogen-bond acceptors (Lipinski definition) is 6. The predicted molar refractivity (Wildman–Crippen MR) is 96.2 cm³/mol. The minimum absolute atomic E-state index is 0.0203. The molecule has 0 atom stereocenters. The molecule has 3 aromatic rings. The molecule has 140 valence electrons. The minimum Gasteiger partial charge on any atom is -0.494 e. The highest BCUT2D eigenvalue weighted by molar-refractivity contribution is 7.99. The second-order valence-corrected chi connectivity index (χ2v) is 6.46. The number of ether oxygens (including phenoxy) is 1. The normalized spacial score (nSPS) is 10.7. The van der Waals surface area contributed by atoms with E-state index in [9.17, 15) is 13.6 Å². The smallest absolute Gasteiger partial charge is 0.234 e. The van der Waals surface area contributed by atoms with Gasteiger partial charge in [0.05, 0.1) is 12.9 Å². The van der Waals surface area contributed by atoms with Gasteiger partial charge in [0, 0.05) is 11.8 Å². The van der Waals surface area contributed by atoms with Crippen LogP contribution in [0.1, 0.15) is 5.56 Å². The highest BCUT2D eigenvalue weighted by atomic mass is 32.2. The Labute approximate surface area is 157 Å². The van der Waals surface area contributed by atoms with E-state index in [0.29, 0.717) is 16.6 Å². The number of rotatable bonds is 6. The van der Waals surface area contributed by atoms with Gasteiger partial charge in [-0.25, -0.2) is 8.78 Å². The maximum absolute atomic E-state index is 13.2. The molecule has 0 saturated heterocycles. The Kier molecular flexibility index (Phi) is 5.65. The van der Waals surface area contributed by atoms with Crippen LogP contribution in [0, 0.1) is 18.6 Å². The summed E-state index contributed by atoms with van der Waals surface area (Å²) in [5.74, 6) is -1.85. The molecule has 1 aromatic heterocycles. The zero-order valence-electron chi connectivity index (χ0n) is 14.4. The van der Waals surface area contributed by atoms with Gasteiger partial charge in [0.1, 0.15) is 11.4 Å². The third-order valence-electron chi connectivity index (χ3n) is 3.54. The fourth-order valence-corrected chi connectivity index (χ4v) is 2.97. The summed E-state index contributed by atoms with van der Waals surface area (Å²) in [5, 5.41) is 14.4. The number of aromatic nitrogens is 4. The molecule has 1 heterocycles. The molecular weight excluding hydrogens is 376 g/mol. The molecule has 1 amide bonds. The lowest BCUT2D eigenvalue weighted by molar-refractivity contribution is -0.113. The first-order valence-electron chi connectivity index (χ1n) is 7.79. The molecule has 27 heavy (non-hydrogen) atoms. The van der Waals surface area contributed by atoms with Crippen LogP contribution in [0.15, 0.2) is 41.6 Å². The molecule has 3 rings (SSSR count). The van der Waals surface area contributed by atoms with Crippen molar-refractivity contribution in [2.45, 2.75) is 12.1 Å². The number of nitrogens with zero attached hydrogens (tertiary/aromatic N) is 4. The van der Waals surface area contributed by atoms with Gasteiger partial charge in [0.15, 0.2) is 11.6 Å². The van der Waals surface area contributed by atoms with E-state index in [1.807, 2.05) is 19.1 Å². The number of tetrazole rings is 1. The number of carbonyl (C=O) groups is 1. The average Bonchev–Trinajstić information content (AvgIpc) is 3.11. The Bertz CT molecular complexity index is 980. The monoisotopic (exact) mass is 391 g/mol. The average molecular weight is 391 g/mol. The van der Waals surface area contributed by atoms with Gasteiger partial charge in [-0.15, -0.1) is 5.10 Å². The second-order valence-electron chi connectivity index (χ2n) is 5.51. The standard InChI is InChI=1S/C17H15F2N5O2S/c1-10-3-6-15(26-2)14(7-10)24-17(21-22-23-24)27-9-16(25)20-11-4-5-12(18)13(19)8-11/h3-8H,9H2,1-2H3,(H,20,25). The largest absolute Gasteiger partial charge is 0.494 e. The quantitative estimate of drug-likeness (QED) is 0.651. The summed E-state index contributed by atoms with van der Waals surface area (Å²) < 4.78 is 33.0. The maximum Gasteiger partial charge on any atom is 0.234 e. The summed E-state index contributed by atoms with van der Waals surface area (Å²) in [7, 11) is 1.54. The summed E-state index contributed by atoms with van der Waals surface area (Å²) in [6, 6.07) is 8.71. The van der Waals surface area contributed by atoms with Crippen molar-refractivity contribution in [3.8, 4) is 11.4 Å². The van der Waals surface area contributed by atoms with Crippen molar-refractivity contribution >= 4 is 23.4 Å². The van der Waals surface area contributed by atoms with Crippen molar-refractivity contribution in [3.63, 3.8) is 0 Å². The van der Waals surface area contributed by atoms with Crippen LogP contribution in [0.5, 0.6) is 5.75 Å². The van der Waals surface area contributed by atoms with Crippen LogP contribution < -0.4 is 10.1 Å². The number of amides is 1. The topological polar surface area (TPSA) is 81.9 Å². The molecule has 0 saturated carbocycles. The molecule has 10 heteroatoms. The van der Waals surface area contributed by atoms with Gasteiger partial charge in [-0.2, -0.15) is 4.68 Å². The second kappa shape index (κ2) is 8.12. The van der Waals surface area contributed by atoms with Gasteiger partial charge in [0.25, 0.3) is 0 Å².